The molecule has 3 aromatic rings. The summed E-state index contributed by atoms with van der Waals surface area (Å²) in [7, 11) is -3.85. The summed E-state index contributed by atoms with van der Waals surface area (Å²) < 4.78 is 30.1. The van der Waals surface area contributed by atoms with Crippen LogP contribution in [-0.4, -0.2) is 8.42 Å². The molecule has 3 aromatic carbocycles. The van der Waals surface area contributed by atoms with E-state index >= 15 is 0 Å². The van der Waals surface area contributed by atoms with Crippen LogP contribution in [0.15, 0.2) is 89.8 Å². The number of benzene rings is 3. The van der Waals surface area contributed by atoms with Gasteiger partial charge in [-0.15, -0.1) is 0 Å². The molecule has 0 fully saturated rings. The predicted molar refractivity (Wildman–Crippen MR) is 94.5 cm³/mol. The lowest BCUT2D eigenvalue weighted by Gasteiger charge is -2.12. The van der Waals surface area contributed by atoms with Crippen LogP contribution in [0.1, 0.15) is 5.56 Å². The second-order valence-electron chi connectivity index (χ2n) is 5.18. The van der Waals surface area contributed by atoms with Crippen molar-refractivity contribution in [3.8, 4) is 5.75 Å². The van der Waals surface area contributed by atoms with Gasteiger partial charge in [0.1, 0.15) is 10.6 Å². The van der Waals surface area contributed by atoms with Crippen LogP contribution >= 0.6 is 0 Å². The minimum atomic E-state index is -3.85. The molecule has 1 N–H and O–H groups in total. The summed E-state index contributed by atoms with van der Waals surface area (Å²) in [4.78, 5) is 0.135. The van der Waals surface area contributed by atoms with Crippen molar-refractivity contribution in [1.82, 2.24) is 0 Å². The Balaban J connectivity index is 1.79. The third kappa shape index (κ3) is 3.94. The molecule has 0 aliphatic heterocycles. The highest BCUT2D eigenvalue weighted by Gasteiger charge is 2.17. The molecule has 0 amide bonds. The molecule has 0 heterocycles. The van der Waals surface area contributed by atoms with Crippen molar-refractivity contribution >= 4 is 15.8 Å². The van der Waals surface area contributed by atoms with Gasteiger partial charge in [0.2, 0.25) is 0 Å². The van der Waals surface area contributed by atoms with E-state index in [2.05, 4.69) is 5.32 Å². The van der Waals surface area contributed by atoms with Gasteiger partial charge in [-0.3, -0.25) is 0 Å². The maximum Gasteiger partial charge on any atom is 0.339 e. The van der Waals surface area contributed by atoms with E-state index in [1.54, 1.807) is 30.3 Å². The molecule has 24 heavy (non-hydrogen) atoms. The average molecular weight is 339 g/mol. The lowest BCUT2D eigenvalue weighted by Crippen LogP contribution is -2.11. The molecule has 4 nitrogen and oxygen atoms in total. The summed E-state index contributed by atoms with van der Waals surface area (Å²) in [5.74, 6) is 0.324. The van der Waals surface area contributed by atoms with Crippen LogP contribution in [0, 0.1) is 0 Å². The molecule has 0 aliphatic rings. The van der Waals surface area contributed by atoms with Gasteiger partial charge < -0.3 is 9.50 Å². The Hall–Kier alpha value is -2.79. The quantitative estimate of drug-likeness (QED) is 0.688. The van der Waals surface area contributed by atoms with Crippen molar-refractivity contribution < 1.29 is 12.6 Å². The van der Waals surface area contributed by atoms with Crippen molar-refractivity contribution in [3.05, 3.63) is 90.5 Å². The highest BCUT2D eigenvalue weighted by atomic mass is 32.2. The van der Waals surface area contributed by atoms with E-state index in [-0.39, 0.29) is 4.90 Å². The fourth-order valence-electron chi connectivity index (χ4n) is 2.24. The molecule has 0 atom stereocenters. The van der Waals surface area contributed by atoms with Crippen LogP contribution in [-0.2, 0) is 16.7 Å². The van der Waals surface area contributed by atoms with Crippen molar-refractivity contribution in [2.75, 3.05) is 5.32 Å². The molecular weight excluding hydrogens is 322 g/mol. The zero-order valence-corrected chi connectivity index (χ0v) is 13.7. The summed E-state index contributed by atoms with van der Waals surface area (Å²) in [6.45, 7) is 0.463. The number of nitrogens with one attached hydrogen (secondary N) is 1. The topological polar surface area (TPSA) is 55.4 Å². The molecule has 5 heteroatoms. The largest absolute Gasteiger partial charge is 0.381 e. The zero-order chi connectivity index (χ0) is 16.8. The van der Waals surface area contributed by atoms with Crippen molar-refractivity contribution in [3.63, 3.8) is 0 Å². The van der Waals surface area contributed by atoms with Crippen molar-refractivity contribution in [2.45, 2.75) is 11.4 Å². The highest BCUT2D eigenvalue weighted by molar-refractivity contribution is 7.87. The maximum atomic E-state index is 12.4. The molecule has 0 saturated carbocycles. The molecular formula is C19H17NO3S. The second kappa shape index (κ2) is 7.19. The molecule has 0 aliphatic carbocycles. The SMILES string of the molecule is O=S(=O)(Oc1ccccc1CNc1ccccc1)c1ccccc1. The van der Waals surface area contributed by atoms with Crippen LogP contribution in [0.25, 0.3) is 0 Å². The first kappa shape index (κ1) is 16.1. The van der Waals surface area contributed by atoms with Gasteiger partial charge in [0.25, 0.3) is 0 Å². The van der Waals surface area contributed by atoms with E-state index in [0.29, 0.717) is 12.3 Å². The third-order valence-electron chi connectivity index (χ3n) is 3.46. The summed E-state index contributed by atoms with van der Waals surface area (Å²) >= 11 is 0. The van der Waals surface area contributed by atoms with Crippen LogP contribution in [0.4, 0.5) is 5.69 Å². The van der Waals surface area contributed by atoms with E-state index in [4.69, 9.17) is 4.18 Å². The van der Waals surface area contributed by atoms with Crippen LogP contribution in [0.3, 0.4) is 0 Å². The Kier molecular flexibility index (Phi) is 4.82. The Morgan fingerprint density at radius 3 is 2.04 bits per heavy atom. The Morgan fingerprint density at radius 1 is 0.750 bits per heavy atom. The smallest absolute Gasteiger partial charge is 0.339 e. The zero-order valence-electron chi connectivity index (χ0n) is 12.9. The van der Waals surface area contributed by atoms with E-state index in [9.17, 15) is 8.42 Å². The van der Waals surface area contributed by atoms with Crippen LogP contribution in [0.2, 0.25) is 0 Å². The molecule has 0 aromatic heterocycles. The third-order valence-corrected chi connectivity index (χ3v) is 4.71. The fraction of sp³-hybridized carbons (Fsp3) is 0.0526. The Morgan fingerprint density at radius 2 is 1.33 bits per heavy atom. The molecule has 0 bridgehead atoms. The molecule has 0 unspecified atom stereocenters. The lowest BCUT2D eigenvalue weighted by atomic mass is 10.2. The second-order valence-corrected chi connectivity index (χ2v) is 6.72. The van der Waals surface area contributed by atoms with Gasteiger partial charge in [-0.2, -0.15) is 8.42 Å². The average Bonchev–Trinajstić information content (AvgIpc) is 2.62. The molecule has 122 valence electrons. The lowest BCUT2D eigenvalue weighted by molar-refractivity contribution is 0.483. The van der Waals surface area contributed by atoms with Gasteiger partial charge in [0.05, 0.1) is 0 Å². The summed E-state index contributed by atoms with van der Waals surface area (Å²) in [6.07, 6.45) is 0. The minimum Gasteiger partial charge on any atom is -0.381 e. The maximum absolute atomic E-state index is 12.4. The van der Waals surface area contributed by atoms with E-state index in [0.717, 1.165) is 11.3 Å². The first-order valence-corrected chi connectivity index (χ1v) is 8.92. The number of para-hydroxylation sites is 2. The molecule has 0 radical (unpaired) electrons. The van der Waals surface area contributed by atoms with Crippen LogP contribution < -0.4 is 9.50 Å². The first-order valence-electron chi connectivity index (χ1n) is 7.51. The summed E-state index contributed by atoms with van der Waals surface area (Å²) in [5, 5.41) is 3.25. The first-order chi connectivity index (χ1) is 11.6. The number of anilines is 1. The normalized spacial score (nSPS) is 11.0. The fourth-order valence-corrected chi connectivity index (χ4v) is 3.22. The number of hydrogen-bond acceptors (Lipinski definition) is 4. The van der Waals surface area contributed by atoms with Gasteiger partial charge in [-0.1, -0.05) is 54.6 Å². The molecule has 0 saturated heterocycles. The van der Waals surface area contributed by atoms with E-state index < -0.39 is 10.1 Å². The molecule has 0 spiro atoms. The Bertz CT molecular complexity index is 894. The Labute approximate surface area is 141 Å². The van der Waals surface area contributed by atoms with Crippen molar-refractivity contribution in [2.24, 2.45) is 0 Å². The van der Waals surface area contributed by atoms with Crippen molar-refractivity contribution in [1.29, 1.82) is 0 Å². The van der Waals surface area contributed by atoms with Gasteiger partial charge in [0.15, 0.2) is 0 Å². The summed E-state index contributed by atoms with van der Waals surface area (Å²) in [5.41, 5.74) is 1.72. The van der Waals surface area contributed by atoms with E-state index in [1.807, 2.05) is 42.5 Å². The summed E-state index contributed by atoms with van der Waals surface area (Å²) in [6, 6.07) is 24.9. The highest BCUT2D eigenvalue weighted by Crippen LogP contribution is 2.24. The van der Waals surface area contributed by atoms with Gasteiger partial charge in [-0.05, 0) is 30.3 Å². The van der Waals surface area contributed by atoms with Gasteiger partial charge in [0, 0.05) is 17.8 Å². The molecule has 3 rings (SSSR count). The monoisotopic (exact) mass is 339 g/mol. The van der Waals surface area contributed by atoms with Gasteiger partial charge >= 0.3 is 10.1 Å². The van der Waals surface area contributed by atoms with Gasteiger partial charge in [-0.25, -0.2) is 0 Å². The standard InChI is InChI=1S/C19H17NO3S/c21-24(22,18-12-5-2-6-13-18)23-19-14-8-7-9-16(19)15-20-17-10-3-1-4-11-17/h1-14,20H,15H2. The van der Waals surface area contributed by atoms with Crippen LogP contribution in [0.5, 0.6) is 5.75 Å². The number of rotatable bonds is 6. The minimum absolute atomic E-state index is 0.135. The number of hydrogen-bond donors (Lipinski definition) is 1. The van der Waals surface area contributed by atoms with E-state index in [1.165, 1.54) is 12.1 Å². The predicted octanol–water partition coefficient (Wildman–Crippen LogP) is 4.07.